The van der Waals surface area contributed by atoms with Gasteiger partial charge < -0.3 is 10.2 Å². The van der Waals surface area contributed by atoms with Crippen molar-refractivity contribution in [2.75, 3.05) is 20.6 Å². The van der Waals surface area contributed by atoms with Crippen LogP contribution in [0.4, 0.5) is 0 Å². The van der Waals surface area contributed by atoms with Gasteiger partial charge in [-0.25, -0.2) is 4.98 Å². The Hall–Kier alpha value is -1.99. The lowest BCUT2D eigenvalue weighted by Gasteiger charge is -2.03. The number of hydrogen-bond donors (Lipinski definition) is 1. The first kappa shape index (κ1) is 15.4. The van der Waals surface area contributed by atoms with Gasteiger partial charge in [0.1, 0.15) is 10.7 Å². The number of thiazole rings is 1. The number of aryl methyl sites for hydroxylation is 1. The van der Waals surface area contributed by atoms with Crippen molar-refractivity contribution in [1.29, 1.82) is 0 Å². The quantitative estimate of drug-likeness (QED) is 0.817. The molecule has 0 unspecified atom stereocenters. The Morgan fingerprint density at radius 1 is 1.52 bits per heavy atom. The second-order valence-corrected chi connectivity index (χ2v) is 5.76. The van der Waals surface area contributed by atoms with Gasteiger partial charge in [0.05, 0.1) is 12.2 Å². The van der Waals surface area contributed by atoms with Gasteiger partial charge in [0, 0.05) is 31.2 Å². The van der Waals surface area contributed by atoms with E-state index in [-0.39, 0.29) is 5.91 Å². The molecule has 2 rings (SSSR count). The topological polar surface area (TPSA) is 63.1 Å². The standard InChI is InChI=1S/C14H19N5OS/c1-18(2)7-4-5-13(20)15-9-11-10-21-14(16-11)12-6-8-19(3)17-12/h4-6,8,10H,7,9H2,1-3H3,(H,15,20)/b5-4+. The molecule has 0 aliphatic rings. The number of aromatic nitrogens is 3. The van der Waals surface area contributed by atoms with Crippen LogP contribution >= 0.6 is 11.3 Å². The van der Waals surface area contributed by atoms with Crippen molar-refractivity contribution in [2.24, 2.45) is 7.05 Å². The minimum atomic E-state index is -0.107. The predicted octanol–water partition coefficient (Wildman–Crippen LogP) is 1.28. The summed E-state index contributed by atoms with van der Waals surface area (Å²) in [6, 6.07) is 1.92. The lowest BCUT2D eigenvalue weighted by Crippen LogP contribution is -2.21. The zero-order valence-electron chi connectivity index (χ0n) is 12.4. The molecule has 0 radical (unpaired) electrons. The molecule has 0 fully saturated rings. The molecule has 1 N–H and O–H groups in total. The van der Waals surface area contributed by atoms with Crippen LogP contribution in [0.2, 0.25) is 0 Å². The number of hydrogen-bond acceptors (Lipinski definition) is 5. The van der Waals surface area contributed by atoms with E-state index in [2.05, 4.69) is 15.4 Å². The molecule has 0 aliphatic carbocycles. The third-order valence-electron chi connectivity index (χ3n) is 2.67. The summed E-state index contributed by atoms with van der Waals surface area (Å²) in [5.41, 5.74) is 1.70. The highest BCUT2D eigenvalue weighted by Crippen LogP contribution is 2.21. The summed E-state index contributed by atoms with van der Waals surface area (Å²) >= 11 is 1.53. The van der Waals surface area contributed by atoms with Crippen LogP contribution in [0, 0.1) is 0 Å². The molecule has 0 atom stereocenters. The second kappa shape index (κ2) is 7.14. The summed E-state index contributed by atoms with van der Waals surface area (Å²) in [7, 11) is 5.78. The number of rotatable bonds is 6. The van der Waals surface area contributed by atoms with Crippen molar-refractivity contribution < 1.29 is 4.79 Å². The van der Waals surface area contributed by atoms with Crippen LogP contribution in [0.5, 0.6) is 0 Å². The van der Waals surface area contributed by atoms with Crippen LogP contribution in [-0.2, 0) is 18.4 Å². The Morgan fingerprint density at radius 3 is 3.00 bits per heavy atom. The van der Waals surface area contributed by atoms with Gasteiger partial charge in [-0.1, -0.05) is 6.08 Å². The number of carbonyl (C=O) groups excluding carboxylic acids is 1. The van der Waals surface area contributed by atoms with Gasteiger partial charge in [0.25, 0.3) is 0 Å². The van der Waals surface area contributed by atoms with Crippen molar-refractivity contribution in [1.82, 2.24) is 25.0 Å². The summed E-state index contributed by atoms with van der Waals surface area (Å²) in [5, 5.41) is 9.93. The van der Waals surface area contributed by atoms with Crippen LogP contribution < -0.4 is 5.32 Å². The Labute approximate surface area is 128 Å². The minimum Gasteiger partial charge on any atom is -0.347 e. The zero-order valence-corrected chi connectivity index (χ0v) is 13.2. The second-order valence-electron chi connectivity index (χ2n) is 4.90. The average molecular weight is 305 g/mol. The molecule has 112 valence electrons. The molecule has 2 aromatic rings. The molecule has 1 amide bonds. The van der Waals surface area contributed by atoms with E-state index in [9.17, 15) is 4.79 Å². The molecule has 6 nitrogen and oxygen atoms in total. The number of carbonyl (C=O) groups is 1. The summed E-state index contributed by atoms with van der Waals surface area (Å²) in [6.07, 6.45) is 5.26. The van der Waals surface area contributed by atoms with Gasteiger partial charge in [-0.05, 0) is 20.2 Å². The molecular weight excluding hydrogens is 286 g/mol. The van der Waals surface area contributed by atoms with Crippen LogP contribution in [0.15, 0.2) is 29.8 Å². The van der Waals surface area contributed by atoms with Gasteiger partial charge in [0.2, 0.25) is 5.91 Å². The first-order valence-corrected chi connectivity index (χ1v) is 7.46. The van der Waals surface area contributed by atoms with E-state index in [1.54, 1.807) is 10.8 Å². The fraction of sp³-hybridized carbons (Fsp3) is 0.357. The van der Waals surface area contributed by atoms with Crippen LogP contribution in [0.3, 0.4) is 0 Å². The first-order valence-electron chi connectivity index (χ1n) is 6.58. The summed E-state index contributed by atoms with van der Waals surface area (Å²) in [4.78, 5) is 18.1. The normalized spacial score (nSPS) is 11.4. The van der Waals surface area contributed by atoms with Crippen molar-refractivity contribution in [3.8, 4) is 10.7 Å². The number of likely N-dealkylation sites (N-methyl/N-ethyl adjacent to an activating group) is 1. The van der Waals surface area contributed by atoms with Crippen molar-refractivity contribution >= 4 is 17.2 Å². The Balaban J connectivity index is 1.86. The van der Waals surface area contributed by atoms with Gasteiger partial charge in [-0.2, -0.15) is 5.10 Å². The van der Waals surface area contributed by atoms with Gasteiger partial charge >= 0.3 is 0 Å². The van der Waals surface area contributed by atoms with E-state index in [4.69, 9.17) is 0 Å². The molecule has 2 heterocycles. The molecule has 0 aliphatic heterocycles. The van der Waals surface area contributed by atoms with E-state index >= 15 is 0 Å². The van der Waals surface area contributed by atoms with E-state index in [1.165, 1.54) is 11.3 Å². The smallest absolute Gasteiger partial charge is 0.244 e. The molecule has 2 aromatic heterocycles. The van der Waals surface area contributed by atoms with Crippen molar-refractivity contribution in [2.45, 2.75) is 6.54 Å². The molecule has 7 heteroatoms. The predicted molar refractivity (Wildman–Crippen MR) is 83.9 cm³/mol. The third-order valence-corrected chi connectivity index (χ3v) is 3.58. The largest absolute Gasteiger partial charge is 0.347 e. The van der Waals surface area contributed by atoms with Crippen LogP contribution in [0.1, 0.15) is 5.69 Å². The molecule has 0 saturated heterocycles. The molecule has 0 aromatic carbocycles. The van der Waals surface area contributed by atoms with Gasteiger partial charge in [-0.3, -0.25) is 9.48 Å². The molecular formula is C14H19N5OS. The number of amides is 1. The Bertz CT molecular complexity index is 629. The number of nitrogens with one attached hydrogen (secondary N) is 1. The Morgan fingerprint density at radius 2 is 2.33 bits per heavy atom. The lowest BCUT2D eigenvalue weighted by atomic mass is 10.4. The maximum atomic E-state index is 11.6. The monoisotopic (exact) mass is 305 g/mol. The minimum absolute atomic E-state index is 0.107. The van der Waals surface area contributed by atoms with Crippen molar-refractivity contribution in [3.05, 3.63) is 35.5 Å². The summed E-state index contributed by atoms with van der Waals surface area (Å²) in [6.45, 7) is 1.17. The summed E-state index contributed by atoms with van der Waals surface area (Å²) < 4.78 is 1.74. The molecule has 0 spiro atoms. The molecule has 0 bridgehead atoms. The summed E-state index contributed by atoms with van der Waals surface area (Å²) in [5.74, 6) is -0.107. The Kier molecular flexibility index (Phi) is 5.24. The van der Waals surface area contributed by atoms with Gasteiger partial charge in [-0.15, -0.1) is 11.3 Å². The van der Waals surface area contributed by atoms with E-state index < -0.39 is 0 Å². The maximum absolute atomic E-state index is 11.6. The lowest BCUT2D eigenvalue weighted by molar-refractivity contribution is -0.116. The fourth-order valence-corrected chi connectivity index (χ4v) is 2.43. The fourth-order valence-electron chi connectivity index (χ4n) is 1.64. The van der Waals surface area contributed by atoms with Crippen LogP contribution in [-0.4, -0.2) is 46.2 Å². The molecule has 21 heavy (non-hydrogen) atoms. The first-order chi connectivity index (χ1) is 10.0. The van der Waals surface area contributed by atoms with Crippen molar-refractivity contribution in [3.63, 3.8) is 0 Å². The maximum Gasteiger partial charge on any atom is 0.244 e. The zero-order chi connectivity index (χ0) is 15.2. The third kappa shape index (κ3) is 4.80. The highest BCUT2D eigenvalue weighted by Gasteiger charge is 2.07. The van der Waals surface area contributed by atoms with Gasteiger partial charge in [0.15, 0.2) is 0 Å². The van der Waals surface area contributed by atoms with Crippen LogP contribution in [0.25, 0.3) is 10.7 Å². The average Bonchev–Trinajstić information content (AvgIpc) is 3.04. The molecule has 0 saturated carbocycles. The van der Waals surface area contributed by atoms with E-state index in [0.717, 1.165) is 22.9 Å². The SMILES string of the molecule is CN(C)C/C=C/C(=O)NCc1csc(-c2ccn(C)n2)n1. The highest BCUT2D eigenvalue weighted by atomic mass is 32.1. The van der Waals surface area contributed by atoms with E-state index in [1.807, 2.05) is 49.8 Å². The number of nitrogens with zero attached hydrogens (tertiary/aromatic N) is 4. The van der Waals surface area contributed by atoms with E-state index in [0.29, 0.717) is 6.54 Å². The highest BCUT2D eigenvalue weighted by molar-refractivity contribution is 7.13.